The van der Waals surface area contributed by atoms with Crippen LogP contribution in [0.4, 0.5) is 36.6 Å². The summed E-state index contributed by atoms with van der Waals surface area (Å²) in [6.45, 7) is 0. The summed E-state index contributed by atoms with van der Waals surface area (Å²) >= 11 is 0. The number of rotatable bonds is 2. The van der Waals surface area contributed by atoms with Gasteiger partial charge in [-0.25, -0.2) is 0 Å². The molecule has 0 radical (unpaired) electrons. The molecular formula is C21H23F6N2P. The molecule has 0 amide bonds. The second kappa shape index (κ2) is 7.12. The molecule has 0 fully saturated rings. The minimum absolute atomic E-state index is 1.18. The molecule has 0 spiro atoms. The van der Waals surface area contributed by atoms with Crippen LogP contribution < -0.4 is 9.47 Å². The monoisotopic (exact) mass is 448 g/mol. The average molecular weight is 448 g/mol. The molecule has 0 atom stereocenters. The third kappa shape index (κ3) is 5.85. The summed E-state index contributed by atoms with van der Waals surface area (Å²) in [5, 5.41) is 1.35. The Morgan fingerprint density at radius 1 is 0.800 bits per heavy atom. The molecule has 0 saturated carbocycles. The number of aromatic nitrogens is 1. The second-order valence-electron chi connectivity index (χ2n) is 7.41. The molecule has 1 aliphatic rings. The number of halogens is 6. The van der Waals surface area contributed by atoms with Gasteiger partial charge < -0.3 is 4.90 Å². The summed E-state index contributed by atoms with van der Waals surface area (Å²) in [5.41, 5.74) is 7.00. The normalized spacial score (nSPS) is 16.0. The van der Waals surface area contributed by atoms with E-state index < -0.39 is 7.81 Å². The van der Waals surface area contributed by atoms with E-state index in [1.807, 2.05) is 0 Å². The van der Waals surface area contributed by atoms with E-state index in [0.29, 0.717) is 0 Å². The molecule has 1 heterocycles. The number of aryl methyl sites for hydroxylation is 1. The summed E-state index contributed by atoms with van der Waals surface area (Å²) < 4.78 is 61.6. The number of hydrogen-bond acceptors (Lipinski definition) is 1. The molecular weight excluding hydrogens is 425 g/mol. The molecule has 1 aliphatic carbocycles. The molecule has 0 bridgehead atoms. The summed E-state index contributed by atoms with van der Waals surface area (Å²) in [6.07, 6.45) is 4.96. The van der Waals surface area contributed by atoms with Crippen molar-refractivity contribution in [1.82, 2.24) is 0 Å². The molecule has 9 heteroatoms. The van der Waals surface area contributed by atoms with Gasteiger partial charge in [-0.05, 0) is 37.5 Å². The maximum atomic E-state index is 9.87. The third-order valence-electron chi connectivity index (χ3n) is 5.13. The van der Waals surface area contributed by atoms with Gasteiger partial charge in [0.1, 0.15) is 7.05 Å². The summed E-state index contributed by atoms with van der Waals surface area (Å²) in [7, 11) is -6.24. The molecule has 164 valence electrons. The Morgan fingerprint density at radius 2 is 1.33 bits per heavy atom. The van der Waals surface area contributed by atoms with Gasteiger partial charge in [0.2, 0.25) is 5.52 Å². The first-order valence-electron chi connectivity index (χ1n) is 9.50. The van der Waals surface area contributed by atoms with Gasteiger partial charge in [0.25, 0.3) is 0 Å². The quantitative estimate of drug-likeness (QED) is 0.221. The van der Waals surface area contributed by atoms with Crippen molar-refractivity contribution in [1.29, 1.82) is 0 Å². The van der Waals surface area contributed by atoms with E-state index in [0.717, 1.165) is 0 Å². The second-order valence-corrected chi connectivity index (χ2v) is 9.33. The Morgan fingerprint density at radius 3 is 1.97 bits per heavy atom. The van der Waals surface area contributed by atoms with Gasteiger partial charge in [-0.15, -0.1) is 0 Å². The van der Waals surface area contributed by atoms with Crippen molar-refractivity contribution >= 4 is 30.1 Å². The van der Waals surface area contributed by atoms with Gasteiger partial charge in [0.05, 0.1) is 11.1 Å². The van der Waals surface area contributed by atoms with E-state index in [1.54, 1.807) is 0 Å². The zero-order valence-corrected chi connectivity index (χ0v) is 17.5. The standard InChI is InChI=1S/C21H23N2.F6P/c1-22(16-10-4-3-5-11-16)21-17-12-6-8-14-19(17)23(2)20-15-9-7-13-18(20)21;1-7(2,3,4,5)6/h3-6,8,10-12,14H,7,9,13,15H2,1-2H3;/q+1;-1. The first-order valence-corrected chi connectivity index (χ1v) is 11.5. The van der Waals surface area contributed by atoms with Crippen LogP contribution >= 0.6 is 7.81 Å². The number of benzene rings is 2. The van der Waals surface area contributed by atoms with Crippen LogP contribution in [0.1, 0.15) is 24.1 Å². The zero-order valence-electron chi connectivity index (χ0n) is 16.6. The van der Waals surface area contributed by atoms with Crippen LogP contribution in [0.2, 0.25) is 0 Å². The van der Waals surface area contributed by atoms with E-state index in [2.05, 4.69) is 78.2 Å². The molecule has 2 aromatic carbocycles. The maximum absolute atomic E-state index is 10.7. The Hall–Kier alpha value is -2.34. The number of hydrogen-bond donors (Lipinski definition) is 0. The number of para-hydroxylation sites is 2. The topological polar surface area (TPSA) is 7.12 Å². The van der Waals surface area contributed by atoms with Gasteiger partial charge in [-0.3, -0.25) is 0 Å². The molecule has 30 heavy (non-hydrogen) atoms. The Kier molecular flexibility index (Phi) is 5.30. The van der Waals surface area contributed by atoms with Crippen molar-refractivity contribution in [3.8, 4) is 0 Å². The number of pyridine rings is 1. The predicted octanol–water partition coefficient (Wildman–Crippen LogP) is 7.69. The molecule has 0 unspecified atom stereocenters. The van der Waals surface area contributed by atoms with Crippen molar-refractivity contribution in [3.05, 3.63) is 65.9 Å². The van der Waals surface area contributed by atoms with Crippen LogP contribution in [0.3, 0.4) is 0 Å². The Bertz CT molecular complexity index is 1050. The van der Waals surface area contributed by atoms with Crippen LogP contribution in [0.25, 0.3) is 10.9 Å². The van der Waals surface area contributed by atoms with Crippen LogP contribution in [0.15, 0.2) is 54.6 Å². The first kappa shape index (κ1) is 22.3. The molecule has 0 aliphatic heterocycles. The van der Waals surface area contributed by atoms with Crippen molar-refractivity contribution in [2.75, 3.05) is 11.9 Å². The fourth-order valence-electron chi connectivity index (χ4n) is 3.95. The molecule has 3 aromatic rings. The van der Waals surface area contributed by atoms with Gasteiger partial charge in [-0.2, -0.15) is 4.57 Å². The first-order chi connectivity index (χ1) is 13.7. The van der Waals surface area contributed by atoms with Crippen molar-refractivity contribution < 1.29 is 29.7 Å². The molecule has 2 nitrogen and oxygen atoms in total. The van der Waals surface area contributed by atoms with Crippen LogP contribution in [0.5, 0.6) is 0 Å². The van der Waals surface area contributed by atoms with Gasteiger partial charge in [0, 0.05) is 30.8 Å². The van der Waals surface area contributed by atoms with Gasteiger partial charge in [0.15, 0.2) is 5.69 Å². The van der Waals surface area contributed by atoms with E-state index in [9.17, 15) is 25.2 Å². The Balaban J connectivity index is 0.000000318. The third-order valence-corrected chi connectivity index (χ3v) is 5.13. The summed E-state index contributed by atoms with van der Waals surface area (Å²) in [5.74, 6) is 0. The van der Waals surface area contributed by atoms with Crippen LogP contribution in [-0.4, -0.2) is 7.05 Å². The fraction of sp³-hybridized carbons (Fsp3) is 0.286. The average Bonchev–Trinajstić information content (AvgIpc) is 2.66. The molecule has 1 aromatic heterocycles. The van der Waals surface area contributed by atoms with Gasteiger partial charge in [-0.1, -0.05) is 30.3 Å². The van der Waals surface area contributed by atoms with Crippen molar-refractivity contribution in [2.24, 2.45) is 7.05 Å². The number of anilines is 2. The molecule has 0 N–H and O–H groups in total. The fourth-order valence-corrected chi connectivity index (χ4v) is 3.95. The van der Waals surface area contributed by atoms with E-state index in [-0.39, 0.29) is 0 Å². The number of nitrogens with zero attached hydrogens (tertiary/aromatic N) is 2. The SMILES string of the molecule is CN(c1ccccc1)c1c2c([n+](C)c3ccccc13)CCCC2.F[P-](F)(F)(F)(F)F. The zero-order chi connectivity index (χ0) is 22.2. The Labute approximate surface area is 171 Å². The van der Waals surface area contributed by atoms with E-state index >= 15 is 0 Å². The predicted molar refractivity (Wildman–Crippen MR) is 110 cm³/mol. The van der Waals surface area contributed by atoms with Crippen LogP contribution in [0, 0.1) is 0 Å². The summed E-state index contributed by atoms with van der Waals surface area (Å²) in [6, 6.07) is 19.5. The number of fused-ring (bicyclic) bond motifs is 2. The summed E-state index contributed by atoms with van der Waals surface area (Å²) in [4.78, 5) is 2.37. The van der Waals surface area contributed by atoms with Crippen molar-refractivity contribution in [3.63, 3.8) is 0 Å². The molecule has 4 rings (SSSR count). The van der Waals surface area contributed by atoms with E-state index in [4.69, 9.17) is 0 Å². The van der Waals surface area contributed by atoms with Crippen LogP contribution in [-0.2, 0) is 19.9 Å². The molecule has 0 saturated heterocycles. The minimum atomic E-state index is -10.7. The van der Waals surface area contributed by atoms with Crippen molar-refractivity contribution in [2.45, 2.75) is 25.7 Å². The van der Waals surface area contributed by atoms with E-state index in [1.165, 1.54) is 59.2 Å². The van der Waals surface area contributed by atoms with Gasteiger partial charge >= 0.3 is 33.0 Å².